The molecular weight excluding hydrogens is 468 g/mol. The van der Waals surface area contributed by atoms with Gasteiger partial charge < -0.3 is 19.0 Å². The van der Waals surface area contributed by atoms with E-state index in [9.17, 15) is 22.4 Å². The van der Waals surface area contributed by atoms with E-state index in [2.05, 4.69) is 0 Å². The molecule has 9 heteroatoms. The predicted molar refractivity (Wildman–Crippen MR) is 121 cm³/mol. The molecule has 2 aromatic carbocycles. The Labute approximate surface area is 200 Å². The highest BCUT2D eigenvalue weighted by Gasteiger charge is 2.31. The summed E-state index contributed by atoms with van der Waals surface area (Å²) in [7, 11) is 0. The SMILES string of the molecule is CCc1oc(-c2ccc(C(F)(F)F)cc2)cc1CCCOc1ccc(OC(C)(C)C(=O)O)c(F)c1. The molecule has 35 heavy (non-hydrogen) atoms. The summed E-state index contributed by atoms with van der Waals surface area (Å²) in [5.74, 6) is -0.629. The van der Waals surface area contributed by atoms with Crippen molar-refractivity contribution in [2.45, 2.75) is 51.8 Å². The monoisotopic (exact) mass is 494 g/mol. The Hall–Kier alpha value is -3.49. The number of furan rings is 1. The van der Waals surface area contributed by atoms with Crippen LogP contribution in [0.5, 0.6) is 11.5 Å². The van der Waals surface area contributed by atoms with Crippen molar-refractivity contribution in [2.75, 3.05) is 6.61 Å². The van der Waals surface area contributed by atoms with Gasteiger partial charge in [-0.05, 0) is 62.6 Å². The molecule has 0 aliphatic heterocycles. The second-order valence-corrected chi connectivity index (χ2v) is 8.45. The van der Waals surface area contributed by atoms with E-state index < -0.39 is 29.1 Å². The van der Waals surface area contributed by atoms with Crippen molar-refractivity contribution < 1.29 is 41.4 Å². The molecule has 1 aromatic heterocycles. The maximum atomic E-state index is 14.3. The fraction of sp³-hybridized carbons (Fsp3) is 0.346. The molecule has 5 nitrogen and oxygen atoms in total. The topological polar surface area (TPSA) is 68.9 Å². The average molecular weight is 494 g/mol. The van der Waals surface area contributed by atoms with Crippen LogP contribution < -0.4 is 9.47 Å². The molecule has 0 aliphatic rings. The van der Waals surface area contributed by atoms with Crippen LogP contribution in [-0.4, -0.2) is 23.3 Å². The third-order valence-electron chi connectivity index (χ3n) is 5.36. The van der Waals surface area contributed by atoms with E-state index in [0.29, 0.717) is 30.6 Å². The number of ether oxygens (including phenoxy) is 2. The molecule has 0 bridgehead atoms. The summed E-state index contributed by atoms with van der Waals surface area (Å²) in [4.78, 5) is 11.2. The summed E-state index contributed by atoms with van der Waals surface area (Å²) in [6.07, 6.45) is -2.59. The highest BCUT2D eigenvalue weighted by molar-refractivity contribution is 5.76. The standard InChI is InChI=1S/C26H26F4O5/c1-4-21-17(14-23(34-21)16-7-9-18(10-8-16)26(28,29)30)6-5-13-33-19-11-12-22(20(27)15-19)35-25(2,3)24(31)32/h7-12,14-15H,4-6,13H2,1-3H3,(H,31,32). The van der Waals surface area contributed by atoms with Gasteiger partial charge in [0.1, 0.15) is 17.3 Å². The van der Waals surface area contributed by atoms with Crippen LogP contribution in [0.1, 0.15) is 44.1 Å². The summed E-state index contributed by atoms with van der Waals surface area (Å²) in [6, 6.07) is 10.6. The molecule has 0 amide bonds. The minimum atomic E-state index is -4.40. The number of hydrogen-bond acceptors (Lipinski definition) is 4. The zero-order valence-electron chi connectivity index (χ0n) is 19.5. The van der Waals surface area contributed by atoms with E-state index in [1.165, 1.54) is 38.1 Å². The smallest absolute Gasteiger partial charge is 0.416 e. The molecule has 3 rings (SSSR count). The van der Waals surface area contributed by atoms with Crippen LogP contribution in [0.3, 0.4) is 0 Å². The van der Waals surface area contributed by atoms with Crippen LogP contribution in [-0.2, 0) is 23.8 Å². The molecular formula is C26H26F4O5. The normalized spacial score (nSPS) is 12.0. The van der Waals surface area contributed by atoms with Gasteiger partial charge in [-0.25, -0.2) is 9.18 Å². The van der Waals surface area contributed by atoms with Crippen molar-refractivity contribution >= 4 is 5.97 Å². The number of aryl methyl sites for hydroxylation is 2. The van der Waals surface area contributed by atoms with Gasteiger partial charge in [-0.3, -0.25) is 0 Å². The molecule has 0 aliphatic carbocycles. The summed E-state index contributed by atoms with van der Waals surface area (Å²) < 4.78 is 69.4. The largest absolute Gasteiger partial charge is 0.493 e. The molecule has 0 saturated carbocycles. The first kappa shape index (κ1) is 26.1. The fourth-order valence-corrected chi connectivity index (χ4v) is 3.37. The van der Waals surface area contributed by atoms with Gasteiger partial charge in [0.25, 0.3) is 0 Å². The molecule has 188 valence electrons. The minimum Gasteiger partial charge on any atom is -0.493 e. The number of rotatable bonds is 10. The zero-order chi connectivity index (χ0) is 25.8. The van der Waals surface area contributed by atoms with Crippen LogP contribution in [0.4, 0.5) is 17.6 Å². The van der Waals surface area contributed by atoms with Gasteiger partial charge in [-0.15, -0.1) is 0 Å². The number of halogens is 4. The first-order chi connectivity index (χ1) is 16.4. The summed E-state index contributed by atoms with van der Waals surface area (Å²) in [5, 5.41) is 9.11. The van der Waals surface area contributed by atoms with Crippen molar-refractivity contribution in [3.05, 3.63) is 71.2 Å². The van der Waals surface area contributed by atoms with Crippen LogP contribution in [0, 0.1) is 5.82 Å². The summed E-state index contributed by atoms with van der Waals surface area (Å²) in [6.45, 7) is 4.85. The van der Waals surface area contributed by atoms with Gasteiger partial charge in [-0.2, -0.15) is 13.2 Å². The second kappa shape index (κ2) is 10.4. The lowest BCUT2D eigenvalue weighted by atomic mass is 10.1. The van der Waals surface area contributed by atoms with E-state index in [4.69, 9.17) is 19.0 Å². The van der Waals surface area contributed by atoms with Crippen molar-refractivity contribution in [1.82, 2.24) is 0 Å². The lowest BCUT2D eigenvalue weighted by Crippen LogP contribution is -2.38. The molecule has 0 radical (unpaired) electrons. The Morgan fingerprint density at radius 3 is 2.31 bits per heavy atom. The quantitative estimate of drug-likeness (QED) is 0.245. The Morgan fingerprint density at radius 1 is 1.06 bits per heavy atom. The van der Waals surface area contributed by atoms with E-state index in [1.54, 1.807) is 0 Å². The predicted octanol–water partition coefficient (Wildman–Crippen LogP) is 6.92. The number of aliphatic carboxylic acids is 1. The lowest BCUT2D eigenvalue weighted by molar-refractivity contribution is -0.152. The summed E-state index contributed by atoms with van der Waals surface area (Å²) >= 11 is 0. The number of alkyl halides is 3. The van der Waals surface area contributed by atoms with E-state index >= 15 is 0 Å². The Bertz CT molecular complexity index is 1160. The number of hydrogen-bond donors (Lipinski definition) is 1. The second-order valence-electron chi connectivity index (χ2n) is 8.45. The van der Waals surface area contributed by atoms with E-state index in [1.807, 2.05) is 13.0 Å². The molecule has 0 spiro atoms. The lowest BCUT2D eigenvalue weighted by Gasteiger charge is -2.22. The molecule has 1 heterocycles. The highest BCUT2D eigenvalue weighted by Crippen LogP contribution is 2.33. The Morgan fingerprint density at radius 2 is 1.74 bits per heavy atom. The summed E-state index contributed by atoms with van der Waals surface area (Å²) in [5.41, 5.74) is -0.817. The maximum Gasteiger partial charge on any atom is 0.416 e. The first-order valence-electron chi connectivity index (χ1n) is 11.0. The first-order valence-corrected chi connectivity index (χ1v) is 11.0. The van der Waals surface area contributed by atoms with Crippen molar-refractivity contribution in [3.63, 3.8) is 0 Å². The van der Waals surface area contributed by atoms with Gasteiger partial charge in [0, 0.05) is 18.1 Å². The molecule has 0 unspecified atom stereocenters. The zero-order valence-corrected chi connectivity index (χ0v) is 19.5. The maximum absolute atomic E-state index is 14.3. The van der Waals surface area contributed by atoms with Crippen molar-refractivity contribution in [3.8, 4) is 22.8 Å². The fourth-order valence-electron chi connectivity index (χ4n) is 3.37. The van der Waals surface area contributed by atoms with Gasteiger partial charge >= 0.3 is 12.1 Å². The molecule has 1 N–H and O–H groups in total. The van der Waals surface area contributed by atoms with E-state index in [-0.39, 0.29) is 18.1 Å². The Kier molecular flexibility index (Phi) is 7.77. The Balaban J connectivity index is 1.58. The molecule has 0 fully saturated rings. The van der Waals surface area contributed by atoms with Crippen LogP contribution >= 0.6 is 0 Å². The third-order valence-corrected chi connectivity index (χ3v) is 5.36. The van der Waals surface area contributed by atoms with Crippen molar-refractivity contribution in [1.29, 1.82) is 0 Å². The van der Waals surface area contributed by atoms with Gasteiger partial charge in [0.15, 0.2) is 17.2 Å². The van der Waals surface area contributed by atoms with Gasteiger partial charge in [-0.1, -0.05) is 19.1 Å². The van der Waals surface area contributed by atoms with E-state index in [0.717, 1.165) is 29.5 Å². The average Bonchev–Trinajstić information content (AvgIpc) is 3.21. The number of carbonyl (C=O) groups is 1. The van der Waals surface area contributed by atoms with Crippen LogP contribution in [0.15, 0.2) is 52.9 Å². The highest BCUT2D eigenvalue weighted by atomic mass is 19.4. The molecule has 3 aromatic rings. The number of carboxylic acids is 1. The number of benzene rings is 2. The third kappa shape index (κ3) is 6.55. The van der Waals surface area contributed by atoms with Gasteiger partial charge in [0.2, 0.25) is 0 Å². The minimum absolute atomic E-state index is 0.188. The number of carboxylic acid groups (broad SMARTS) is 1. The molecule has 0 saturated heterocycles. The van der Waals surface area contributed by atoms with Crippen LogP contribution in [0.2, 0.25) is 0 Å². The van der Waals surface area contributed by atoms with Gasteiger partial charge in [0.05, 0.1) is 12.2 Å². The molecule has 0 atom stereocenters. The van der Waals surface area contributed by atoms with Crippen molar-refractivity contribution in [2.24, 2.45) is 0 Å². The van der Waals surface area contributed by atoms with Crippen LogP contribution in [0.25, 0.3) is 11.3 Å².